The van der Waals surface area contributed by atoms with Crippen LogP contribution in [0.25, 0.3) is 0 Å². The molecule has 11 atom stereocenters. The van der Waals surface area contributed by atoms with Crippen molar-refractivity contribution in [2.75, 3.05) is 13.2 Å². The number of aliphatic hydroxyl groups is 2. The van der Waals surface area contributed by atoms with Crippen LogP contribution < -0.4 is 0 Å². The molecule has 5 fully saturated rings. The van der Waals surface area contributed by atoms with E-state index in [0.717, 1.165) is 5.56 Å². The van der Waals surface area contributed by atoms with Gasteiger partial charge in [0.1, 0.15) is 48.8 Å². The van der Waals surface area contributed by atoms with Crippen LogP contribution in [0.15, 0.2) is 30.3 Å². The smallest absolute Gasteiger partial charge is 0.187 e. The summed E-state index contributed by atoms with van der Waals surface area (Å²) in [5, 5.41) is 21.3. The summed E-state index contributed by atoms with van der Waals surface area (Å²) >= 11 is 0. The van der Waals surface area contributed by atoms with Crippen molar-refractivity contribution < 1.29 is 43.4 Å². The lowest BCUT2D eigenvalue weighted by Gasteiger charge is -2.47. The molecule has 2 N–H and O–H groups in total. The molecular weight excluding hydrogens is 372 g/mol. The Morgan fingerprint density at radius 2 is 1.61 bits per heavy atom. The number of hydrogen-bond donors (Lipinski definition) is 2. The third kappa shape index (κ3) is 2.82. The quantitative estimate of drug-likeness (QED) is 0.653. The molecule has 28 heavy (non-hydrogen) atoms. The highest BCUT2D eigenvalue weighted by Crippen LogP contribution is 2.44. The van der Waals surface area contributed by atoms with Crippen LogP contribution in [-0.4, -0.2) is 84.8 Å². The molecular formula is C19H22O9. The van der Waals surface area contributed by atoms with Gasteiger partial charge in [-0.1, -0.05) is 30.3 Å². The van der Waals surface area contributed by atoms with Crippen LogP contribution in [0.1, 0.15) is 11.9 Å². The lowest BCUT2D eigenvalue weighted by Crippen LogP contribution is -2.63. The van der Waals surface area contributed by atoms with Crippen molar-refractivity contribution in [3.8, 4) is 0 Å². The molecule has 0 radical (unpaired) electrons. The van der Waals surface area contributed by atoms with Crippen molar-refractivity contribution in [3.63, 3.8) is 0 Å². The Balaban J connectivity index is 1.15. The van der Waals surface area contributed by atoms with Gasteiger partial charge in [0, 0.05) is 5.56 Å². The van der Waals surface area contributed by atoms with E-state index in [0.29, 0.717) is 6.61 Å². The molecule has 5 aliphatic rings. The zero-order chi connectivity index (χ0) is 18.8. The molecule has 9 heteroatoms. The molecule has 0 aliphatic carbocycles. The molecule has 152 valence electrons. The van der Waals surface area contributed by atoms with Crippen LogP contribution in [0.5, 0.6) is 0 Å². The second kappa shape index (κ2) is 6.69. The van der Waals surface area contributed by atoms with Crippen molar-refractivity contribution in [2.24, 2.45) is 0 Å². The van der Waals surface area contributed by atoms with Crippen molar-refractivity contribution in [2.45, 2.75) is 67.7 Å². The van der Waals surface area contributed by atoms with Crippen LogP contribution in [-0.2, 0) is 33.2 Å². The maximum Gasteiger partial charge on any atom is 0.187 e. The van der Waals surface area contributed by atoms with Crippen molar-refractivity contribution in [3.05, 3.63) is 35.9 Å². The zero-order valence-electron chi connectivity index (χ0n) is 14.9. The Kier molecular flexibility index (Phi) is 4.23. The summed E-state index contributed by atoms with van der Waals surface area (Å²) in [5.41, 5.74) is 0.841. The minimum Gasteiger partial charge on any atom is -0.387 e. The number of benzene rings is 1. The molecule has 1 unspecified atom stereocenters. The lowest BCUT2D eigenvalue weighted by molar-refractivity contribution is -0.369. The monoisotopic (exact) mass is 394 g/mol. The van der Waals surface area contributed by atoms with Gasteiger partial charge in [-0.05, 0) is 0 Å². The average molecular weight is 394 g/mol. The lowest BCUT2D eigenvalue weighted by atomic mass is 9.97. The molecule has 6 rings (SSSR count). The van der Waals surface area contributed by atoms with Crippen LogP contribution in [0.3, 0.4) is 0 Å². The fourth-order valence-electron chi connectivity index (χ4n) is 4.41. The topological polar surface area (TPSA) is 108 Å². The Bertz CT molecular complexity index is 715. The van der Waals surface area contributed by atoms with Crippen LogP contribution in [0.4, 0.5) is 0 Å². The molecule has 1 aromatic rings. The van der Waals surface area contributed by atoms with E-state index in [9.17, 15) is 10.2 Å². The van der Waals surface area contributed by atoms with E-state index in [-0.39, 0.29) is 31.2 Å². The van der Waals surface area contributed by atoms with Gasteiger partial charge in [-0.15, -0.1) is 0 Å². The number of ether oxygens (including phenoxy) is 7. The Morgan fingerprint density at radius 1 is 0.786 bits per heavy atom. The Hall–Kier alpha value is -1.14. The standard InChI is InChI=1S/C19H22O9/c20-11-12(21)18(28-14-10-7-23-19(25-10)16-15(14)26-16)24-9-6-22-17(27-13(9)11)8-4-2-1-3-5-8/h1-5,9-21H,6-7H2/t9-,10-,11-,12-,13-,14-,15+,16+,17?,18+,19-/m1/s1. The minimum atomic E-state index is -1.27. The fourth-order valence-corrected chi connectivity index (χ4v) is 4.41. The molecule has 1 aromatic carbocycles. The normalized spacial score (nSPS) is 52.0. The molecule has 0 aromatic heterocycles. The minimum absolute atomic E-state index is 0.141. The van der Waals surface area contributed by atoms with Crippen LogP contribution >= 0.6 is 0 Å². The van der Waals surface area contributed by atoms with Crippen molar-refractivity contribution in [1.29, 1.82) is 0 Å². The Morgan fingerprint density at radius 3 is 2.46 bits per heavy atom. The fraction of sp³-hybridized carbons (Fsp3) is 0.684. The van der Waals surface area contributed by atoms with E-state index >= 15 is 0 Å². The molecule has 0 spiro atoms. The van der Waals surface area contributed by atoms with Gasteiger partial charge in [0.25, 0.3) is 0 Å². The maximum atomic E-state index is 10.7. The predicted octanol–water partition coefficient (Wildman–Crippen LogP) is -0.545. The second-order valence-corrected chi connectivity index (χ2v) is 7.74. The van der Waals surface area contributed by atoms with Crippen LogP contribution in [0.2, 0.25) is 0 Å². The van der Waals surface area contributed by atoms with Gasteiger partial charge in [0.2, 0.25) is 0 Å². The summed E-state index contributed by atoms with van der Waals surface area (Å²) < 4.78 is 40.4. The number of aliphatic hydroxyl groups excluding tert-OH is 2. The summed E-state index contributed by atoms with van der Waals surface area (Å²) in [6.45, 7) is 0.625. The highest BCUT2D eigenvalue weighted by Gasteiger charge is 2.63. The van der Waals surface area contributed by atoms with Gasteiger partial charge >= 0.3 is 0 Å². The highest BCUT2D eigenvalue weighted by molar-refractivity contribution is 5.16. The number of fused-ring (bicyclic) bond motifs is 5. The molecule has 5 aliphatic heterocycles. The SMILES string of the molecule is O[C@@H]1[C@@H](O)[C@H](O[C@H]2[C@@H]3O[C@@H]3[C@@H]3OC[C@H]2O3)O[C@@H]2COC(c3ccccc3)O[C@@H]12. The summed E-state index contributed by atoms with van der Waals surface area (Å²) in [6, 6.07) is 9.44. The first-order valence-corrected chi connectivity index (χ1v) is 9.60. The number of epoxide rings is 1. The third-order valence-electron chi connectivity index (χ3n) is 5.95. The van der Waals surface area contributed by atoms with Gasteiger partial charge in [-0.2, -0.15) is 0 Å². The summed E-state index contributed by atoms with van der Waals surface area (Å²) in [5.74, 6) is 0. The number of rotatable bonds is 3. The molecule has 0 saturated carbocycles. The second-order valence-electron chi connectivity index (χ2n) is 7.74. The van der Waals surface area contributed by atoms with Crippen LogP contribution in [0, 0.1) is 0 Å². The average Bonchev–Trinajstić information content (AvgIpc) is 3.42. The first kappa shape index (κ1) is 17.7. The first-order chi connectivity index (χ1) is 13.7. The van der Waals surface area contributed by atoms with E-state index in [1.807, 2.05) is 30.3 Å². The molecule has 5 saturated heterocycles. The van der Waals surface area contributed by atoms with E-state index in [2.05, 4.69) is 0 Å². The molecule has 5 heterocycles. The van der Waals surface area contributed by atoms with Gasteiger partial charge in [-0.25, -0.2) is 0 Å². The zero-order valence-corrected chi connectivity index (χ0v) is 14.9. The molecule has 2 bridgehead atoms. The van der Waals surface area contributed by atoms with E-state index < -0.39 is 43.1 Å². The Labute approximate surface area is 161 Å². The van der Waals surface area contributed by atoms with E-state index in [1.165, 1.54) is 0 Å². The largest absolute Gasteiger partial charge is 0.387 e. The summed E-state index contributed by atoms with van der Waals surface area (Å²) in [6.07, 6.45) is -6.70. The molecule has 9 nitrogen and oxygen atoms in total. The summed E-state index contributed by atoms with van der Waals surface area (Å²) in [4.78, 5) is 0. The van der Waals surface area contributed by atoms with Gasteiger partial charge in [0.05, 0.1) is 13.2 Å². The van der Waals surface area contributed by atoms with E-state index in [4.69, 9.17) is 33.2 Å². The highest BCUT2D eigenvalue weighted by atomic mass is 16.8. The van der Waals surface area contributed by atoms with Gasteiger partial charge in [-0.3, -0.25) is 0 Å². The number of hydrogen-bond acceptors (Lipinski definition) is 9. The summed E-state index contributed by atoms with van der Waals surface area (Å²) in [7, 11) is 0. The predicted molar refractivity (Wildman–Crippen MR) is 88.8 cm³/mol. The molecule has 0 amide bonds. The maximum absolute atomic E-state index is 10.7. The van der Waals surface area contributed by atoms with Crippen molar-refractivity contribution >= 4 is 0 Å². The van der Waals surface area contributed by atoms with E-state index in [1.54, 1.807) is 0 Å². The van der Waals surface area contributed by atoms with Gasteiger partial charge < -0.3 is 43.4 Å². The van der Waals surface area contributed by atoms with Crippen molar-refractivity contribution in [1.82, 2.24) is 0 Å². The third-order valence-corrected chi connectivity index (χ3v) is 5.95. The first-order valence-electron chi connectivity index (χ1n) is 9.60. The van der Waals surface area contributed by atoms with Gasteiger partial charge in [0.15, 0.2) is 18.9 Å².